The highest BCUT2D eigenvalue weighted by Crippen LogP contribution is 2.37. The Kier molecular flexibility index (Phi) is 7.60. The molecule has 0 fully saturated rings. The van der Waals surface area contributed by atoms with Crippen LogP contribution in [0.5, 0.6) is 0 Å². The van der Waals surface area contributed by atoms with Crippen LogP contribution in [0.1, 0.15) is 34.3 Å². The second-order valence-corrected chi connectivity index (χ2v) is 11.3. The molecule has 0 aliphatic rings. The smallest absolute Gasteiger partial charge is 0.267 e. The second kappa shape index (κ2) is 11.2. The summed E-state index contributed by atoms with van der Waals surface area (Å²) in [4.78, 5) is 9.00. The van der Waals surface area contributed by atoms with E-state index in [9.17, 15) is 8.42 Å². The van der Waals surface area contributed by atoms with Crippen molar-refractivity contribution in [1.29, 1.82) is 0 Å². The van der Waals surface area contributed by atoms with E-state index in [-0.39, 0.29) is 16.9 Å². The van der Waals surface area contributed by atoms with E-state index in [1.54, 1.807) is 55.0 Å². The van der Waals surface area contributed by atoms with Gasteiger partial charge < -0.3 is 5.32 Å². The maximum Gasteiger partial charge on any atom is 0.267 e. The summed E-state index contributed by atoms with van der Waals surface area (Å²) in [5.41, 5.74) is 3.75. The lowest BCUT2D eigenvalue weighted by atomic mass is 9.83. The van der Waals surface area contributed by atoms with Crippen LogP contribution in [0.3, 0.4) is 0 Å². The summed E-state index contributed by atoms with van der Waals surface area (Å²) in [5, 5.41) is 3.67. The predicted octanol–water partition coefficient (Wildman–Crippen LogP) is 5.94. The van der Waals surface area contributed by atoms with Gasteiger partial charge in [0, 0.05) is 59.7 Å². The molecule has 1 N–H and O–H groups in total. The third-order valence-electron chi connectivity index (χ3n) is 6.22. The summed E-state index contributed by atoms with van der Waals surface area (Å²) >= 11 is 3.61. The van der Waals surface area contributed by atoms with Crippen LogP contribution in [-0.2, 0) is 16.6 Å². The highest BCUT2D eigenvalue weighted by Gasteiger charge is 2.28. The fourth-order valence-electron chi connectivity index (χ4n) is 4.52. The van der Waals surface area contributed by atoms with Gasteiger partial charge in [-0.2, -0.15) is 0 Å². The Bertz CT molecular complexity index is 1520. The first-order valence-electron chi connectivity index (χ1n) is 11.8. The molecule has 1 unspecified atom stereocenters. The van der Waals surface area contributed by atoms with Gasteiger partial charge in [-0.1, -0.05) is 58.4 Å². The average molecular weight is 574 g/mol. The van der Waals surface area contributed by atoms with Crippen LogP contribution < -0.4 is 5.32 Å². The molecule has 186 valence electrons. The van der Waals surface area contributed by atoms with Crippen LogP contribution >= 0.6 is 15.9 Å². The molecule has 0 amide bonds. The molecule has 3 heterocycles. The molecule has 37 heavy (non-hydrogen) atoms. The zero-order chi connectivity index (χ0) is 25.7. The summed E-state index contributed by atoms with van der Waals surface area (Å²) in [6.45, 7) is 0.327. The maximum atomic E-state index is 13.4. The predicted molar refractivity (Wildman–Crippen MR) is 147 cm³/mol. The Morgan fingerprint density at radius 3 is 2.08 bits per heavy atom. The van der Waals surface area contributed by atoms with E-state index in [2.05, 4.69) is 55.5 Å². The fraction of sp³-hybridized carbons (Fsp3) is 0.103. The Labute approximate surface area is 225 Å². The largest absolute Gasteiger partial charge is 0.303 e. The molecule has 0 aliphatic carbocycles. The van der Waals surface area contributed by atoms with Crippen LogP contribution in [0.2, 0.25) is 0 Å². The number of rotatable bonds is 9. The van der Waals surface area contributed by atoms with Gasteiger partial charge in [0.25, 0.3) is 10.0 Å². The number of pyridine rings is 2. The number of aromatic nitrogens is 3. The molecular formula is C29H25BrN4O2S. The van der Waals surface area contributed by atoms with Crippen molar-refractivity contribution in [2.24, 2.45) is 0 Å². The van der Waals surface area contributed by atoms with E-state index < -0.39 is 10.0 Å². The third kappa shape index (κ3) is 5.56. The Morgan fingerprint density at radius 1 is 0.784 bits per heavy atom. The minimum atomic E-state index is -3.72. The normalized spacial score (nSPS) is 12.5. The van der Waals surface area contributed by atoms with Gasteiger partial charge in [0.1, 0.15) is 0 Å². The zero-order valence-electron chi connectivity index (χ0n) is 19.9. The van der Waals surface area contributed by atoms with Crippen molar-refractivity contribution >= 4 is 26.0 Å². The third-order valence-corrected chi connectivity index (χ3v) is 8.46. The van der Waals surface area contributed by atoms with Crippen molar-refractivity contribution in [1.82, 2.24) is 19.3 Å². The Hall–Kier alpha value is -3.59. The summed E-state index contributed by atoms with van der Waals surface area (Å²) in [6, 6.07) is 28.0. The van der Waals surface area contributed by atoms with E-state index in [0.29, 0.717) is 12.2 Å². The van der Waals surface area contributed by atoms with Crippen LogP contribution in [0.4, 0.5) is 0 Å². The first-order valence-corrected chi connectivity index (χ1v) is 14.0. The summed E-state index contributed by atoms with van der Waals surface area (Å²) < 4.78 is 29.0. The molecule has 0 aliphatic heterocycles. The zero-order valence-corrected chi connectivity index (χ0v) is 22.3. The van der Waals surface area contributed by atoms with Gasteiger partial charge >= 0.3 is 0 Å². The molecule has 5 aromatic rings. The summed E-state index contributed by atoms with van der Waals surface area (Å²) in [6.07, 6.45) is 8.84. The lowest BCUT2D eigenvalue weighted by Gasteiger charge is -2.29. The maximum absolute atomic E-state index is 13.4. The first-order chi connectivity index (χ1) is 18.0. The molecule has 0 spiro atoms. The van der Waals surface area contributed by atoms with Crippen molar-refractivity contribution in [2.45, 2.75) is 23.4 Å². The van der Waals surface area contributed by atoms with Gasteiger partial charge in [-0.25, -0.2) is 12.4 Å². The van der Waals surface area contributed by atoms with Gasteiger partial charge in [0.15, 0.2) is 0 Å². The average Bonchev–Trinajstić information content (AvgIpc) is 3.42. The molecule has 2 aromatic carbocycles. The monoisotopic (exact) mass is 572 g/mol. The van der Waals surface area contributed by atoms with Gasteiger partial charge in [0.05, 0.1) is 4.90 Å². The second-order valence-electron chi connectivity index (χ2n) is 8.58. The van der Waals surface area contributed by atoms with Crippen molar-refractivity contribution in [3.63, 3.8) is 0 Å². The number of benzene rings is 2. The van der Waals surface area contributed by atoms with Gasteiger partial charge in [0.2, 0.25) is 0 Å². The minimum absolute atomic E-state index is 0.120. The van der Waals surface area contributed by atoms with Crippen molar-refractivity contribution in [3.8, 4) is 0 Å². The fourth-order valence-corrected chi connectivity index (χ4v) is 6.33. The molecule has 6 nitrogen and oxygen atoms in total. The highest BCUT2D eigenvalue weighted by atomic mass is 79.9. The molecule has 0 radical (unpaired) electrons. The number of hydrogen-bond donors (Lipinski definition) is 1. The number of nitrogens with zero attached hydrogens (tertiary/aromatic N) is 3. The van der Waals surface area contributed by atoms with Crippen LogP contribution in [0.15, 0.2) is 131 Å². The van der Waals surface area contributed by atoms with Crippen LogP contribution in [0, 0.1) is 0 Å². The molecule has 0 bridgehead atoms. The summed E-state index contributed by atoms with van der Waals surface area (Å²) in [5.74, 6) is -0.120. The molecular weight excluding hydrogens is 548 g/mol. The lowest BCUT2D eigenvalue weighted by molar-refractivity contribution is 0.476. The molecule has 8 heteroatoms. The van der Waals surface area contributed by atoms with Crippen molar-refractivity contribution in [2.75, 3.05) is 0 Å². The molecule has 1 atom stereocenters. The summed E-state index contributed by atoms with van der Waals surface area (Å²) in [7, 11) is -3.72. The van der Waals surface area contributed by atoms with E-state index >= 15 is 0 Å². The van der Waals surface area contributed by atoms with Gasteiger partial charge in [-0.15, -0.1) is 0 Å². The van der Waals surface area contributed by atoms with E-state index in [1.807, 2.05) is 42.7 Å². The van der Waals surface area contributed by atoms with Gasteiger partial charge in [-0.05, 0) is 65.2 Å². The highest BCUT2D eigenvalue weighted by molar-refractivity contribution is 9.10. The molecule has 0 saturated carbocycles. The van der Waals surface area contributed by atoms with Gasteiger partial charge in [-0.3, -0.25) is 9.97 Å². The van der Waals surface area contributed by atoms with Crippen molar-refractivity contribution in [3.05, 3.63) is 149 Å². The number of hydrogen-bond acceptors (Lipinski definition) is 5. The number of nitrogens with one attached hydrogen (secondary N) is 1. The molecule has 0 saturated heterocycles. The van der Waals surface area contributed by atoms with Crippen LogP contribution in [0.25, 0.3) is 0 Å². The standard InChI is InChI=1S/C29H25BrN4O2S/c30-25-11-4-8-22(18-25)29(28(23-9-5-15-31-19-23)24-10-6-16-32-20-24)33-21-26-12-7-17-34(26)37(35,36)27-13-2-1-3-14-27/h1-20,28-29,33H,21H2. The first kappa shape index (κ1) is 25.1. The van der Waals surface area contributed by atoms with E-state index in [4.69, 9.17) is 0 Å². The molecule has 3 aromatic heterocycles. The Balaban J connectivity index is 1.55. The number of halogens is 1. The molecule has 5 rings (SSSR count). The minimum Gasteiger partial charge on any atom is -0.303 e. The van der Waals surface area contributed by atoms with E-state index in [1.165, 1.54) is 3.97 Å². The van der Waals surface area contributed by atoms with E-state index in [0.717, 1.165) is 21.2 Å². The SMILES string of the molecule is O=S(=O)(c1ccccc1)n1cccc1CNC(c1cccc(Br)c1)C(c1cccnc1)c1cccnc1. The topological polar surface area (TPSA) is 76.9 Å². The van der Waals surface area contributed by atoms with Crippen LogP contribution in [-0.4, -0.2) is 22.4 Å². The Morgan fingerprint density at radius 2 is 1.46 bits per heavy atom. The van der Waals surface area contributed by atoms with Crippen molar-refractivity contribution < 1.29 is 8.42 Å². The lowest BCUT2D eigenvalue weighted by Crippen LogP contribution is -2.29. The quantitative estimate of drug-likeness (QED) is 0.236.